The van der Waals surface area contributed by atoms with Crippen LogP contribution < -0.4 is 0 Å². The van der Waals surface area contributed by atoms with E-state index in [0.717, 1.165) is 13.8 Å². The van der Waals surface area contributed by atoms with Gasteiger partial charge in [0.15, 0.2) is 6.10 Å². The van der Waals surface area contributed by atoms with Crippen LogP contribution in [0.15, 0.2) is 0 Å². The van der Waals surface area contributed by atoms with Crippen LogP contribution in [0.2, 0.25) is 0 Å². The highest BCUT2D eigenvalue weighted by Gasteiger charge is 2.32. The molecule has 0 aliphatic rings. The largest absolute Gasteiger partial charge is 0.479 e. The second-order valence-corrected chi connectivity index (χ2v) is 3.03. The molecule has 0 heterocycles. The predicted octanol–water partition coefficient (Wildman–Crippen LogP) is -1.96. The van der Waals surface area contributed by atoms with E-state index < -0.39 is 36.7 Å². The Morgan fingerprint density at radius 3 is 1.94 bits per heavy atom. The first kappa shape index (κ1) is 14.8. The van der Waals surface area contributed by atoms with E-state index >= 15 is 0 Å². The zero-order valence-electron chi connectivity index (χ0n) is 8.73. The molecule has 4 N–H and O–H groups in total. The van der Waals surface area contributed by atoms with Crippen molar-refractivity contribution < 1.29 is 39.5 Å². The highest BCUT2D eigenvalue weighted by molar-refractivity contribution is 5.73. The smallest absolute Gasteiger partial charge is 0.335 e. The lowest BCUT2D eigenvalue weighted by Gasteiger charge is -2.24. The Kier molecular flexibility index (Phi) is 5.89. The molecule has 0 aromatic carbocycles. The average Bonchev–Trinajstić information content (AvgIpc) is 2.09. The number of carbonyl (C=O) groups is 2. The van der Waals surface area contributed by atoms with Gasteiger partial charge in [0.1, 0.15) is 0 Å². The minimum Gasteiger partial charge on any atom is -0.479 e. The van der Waals surface area contributed by atoms with Crippen molar-refractivity contribution >= 4 is 11.9 Å². The third-order valence-electron chi connectivity index (χ3n) is 1.49. The third-order valence-corrected chi connectivity index (χ3v) is 1.49. The fourth-order valence-corrected chi connectivity index (χ4v) is 0.845. The lowest BCUT2D eigenvalue weighted by molar-refractivity contribution is -0.267. The predicted molar refractivity (Wildman–Crippen MR) is 48.0 cm³/mol. The van der Waals surface area contributed by atoms with Gasteiger partial charge in [0, 0.05) is 6.92 Å². The van der Waals surface area contributed by atoms with Gasteiger partial charge >= 0.3 is 11.9 Å². The van der Waals surface area contributed by atoms with Crippen LogP contribution in [0, 0.1) is 0 Å². The highest BCUT2D eigenvalue weighted by atomic mass is 16.7. The van der Waals surface area contributed by atoms with E-state index in [1.54, 1.807) is 0 Å². The second kappa shape index (κ2) is 6.38. The zero-order chi connectivity index (χ0) is 12.9. The van der Waals surface area contributed by atoms with Gasteiger partial charge in [0.05, 0.1) is 6.10 Å². The summed E-state index contributed by atoms with van der Waals surface area (Å²) in [7, 11) is 0. The maximum atomic E-state index is 10.6. The van der Waals surface area contributed by atoms with Crippen LogP contribution in [0.25, 0.3) is 0 Å². The lowest BCUT2D eigenvalue weighted by Crippen LogP contribution is -2.43. The number of hydrogen-bond donors (Lipinski definition) is 4. The average molecular weight is 238 g/mol. The van der Waals surface area contributed by atoms with Crippen LogP contribution in [0.1, 0.15) is 13.8 Å². The number of carbonyl (C=O) groups excluding carboxylic acids is 1. The van der Waals surface area contributed by atoms with E-state index in [9.17, 15) is 9.59 Å². The summed E-state index contributed by atoms with van der Waals surface area (Å²) < 4.78 is 8.86. The molecule has 16 heavy (non-hydrogen) atoms. The first-order valence-electron chi connectivity index (χ1n) is 4.35. The van der Waals surface area contributed by atoms with E-state index in [1.165, 1.54) is 0 Å². The molecule has 94 valence electrons. The SMILES string of the molecule is CC(=O)OC(OC(C(=O)O)[C@H](C)O)C(O)O. The Labute approximate surface area is 91.0 Å². The quantitative estimate of drug-likeness (QED) is 0.309. The fraction of sp³-hybridized carbons (Fsp3) is 0.750. The molecule has 8 nitrogen and oxygen atoms in total. The van der Waals surface area contributed by atoms with Crippen molar-refractivity contribution in [1.82, 2.24) is 0 Å². The van der Waals surface area contributed by atoms with Gasteiger partial charge in [-0.05, 0) is 6.92 Å². The topological polar surface area (TPSA) is 134 Å². The van der Waals surface area contributed by atoms with Gasteiger partial charge in [-0.3, -0.25) is 4.79 Å². The number of aliphatic hydroxyl groups excluding tert-OH is 2. The van der Waals surface area contributed by atoms with Crippen LogP contribution in [0.4, 0.5) is 0 Å². The number of esters is 1. The number of aliphatic hydroxyl groups is 3. The van der Waals surface area contributed by atoms with E-state index in [1.807, 2.05) is 0 Å². The molecular formula is C8H14O8. The first-order chi connectivity index (χ1) is 7.25. The monoisotopic (exact) mass is 238 g/mol. The Morgan fingerprint density at radius 2 is 1.69 bits per heavy atom. The molecule has 0 amide bonds. The molecule has 0 aliphatic carbocycles. The van der Waals surface area contributed by atoms with Gasteiger partial charge in [-0.2, -0.15) is 0 Å². The molecule has 0 saturated carbocycles. The van der Waals surface area contributed by atoms with Crippen molar-refractivity contribution in [3.05, 3.63) is 0 Å². The Balaban J connectivity index is 4.57. The summed E-state index contributed by atoms with van der Waals surface area (Å²) in [5, 5.41) is 35.2. The van der Waals surface area contributed by atoms with Crippen molar-refractivity contribution in [1.29, 1.82) is 0 Å². The number of hydrogen-bond acceptors (Lipinski definition) is 7. The standard InChI is InChI=1S/C8H14O8/c1-3(9)5(6(11)12)16-8(7(13)14)15-4(2)10/h3,5,7-9,13-14H,1-2H3,(H,11,12)/t3-,5?,8?/m0/s1. The number of carboxylic acids is 1. The maximum absolute atomic E-state index is 10.6. The van der Waals surface area contributed by atoms with Crippen LogP contribution in [0.3, 0.4) is 0 Å². The Hall–Kier alpha value is -1.22. The van der Waals surface area contributed by atoms with Gasteiger partial charge in [-0.1, -0.05) is 0 Å². The van der Waals surface area contributed by atoms with Crippen molar-refractivity contribution in [2.45, 2.75) is 38.6 Å². The lowest BCUT2D eigenvalue weighted by atomic mass is 10.2. The van der Waals surface area contributed by atoms with E-state index in [4.69, 9.17) is 20.4 Å². The van der Waals surface area contributed by atoms with Crippen molar-refractivity contribution in [2.75, 3.05) is 0 Å². The van der Waals surface area contributed by atoms with Crippen molar-refractivity contribution in [3.63, 3.8) is 0 Å². The van der Waals surface area contributed by atoms with Crippen LogP contribution in [-0.2, 0) is 19.1 Å². The Bertz CT molecular complexity index is 248. The van der Waals surface area contributed by atoms with E-state index in [0.29, 0.717) is 0 Å². The Morgan fingerprint density at radius 1 is 1.19 bits per heavy atom. The summed E-state index contributed by atoms with van der Waals surface area (Å²) in [6.07, 6.45) is -7.21. The molecule has 0 aliphatic heterocycles. The number of aliphatic carboxylic acids is 1. The number of carboxylic acid groups (broad SMARTS) is 1. The van der Waals surface area contributed by atoms with Crippen LogP contribution >= 0.6 is 0 Å². The summed E-state index contributed by atoms with van der Waals surface area (Å²) in [6.45, 7) is 2.12. The minimum absolute atomic E-state index is 0.882. The summed E-state index contributed by atoms with van der Waals surface area (Å²) >= 11 is 0. The van der Waals surface area contributed by atoms with Gasteiger partial charge in [0.25, 0.3) is 6.29 Å². The van der Waals surface area contributed by atoms with Crippen LogP contribution in [-0.4, -0.2) is 57.2 Å². The first-order valence-corrected chi connectivity index (χ1v) is 4.35. The van der Waals surface area contributed by atoms with E-state index in [-0.39, 0.29) is 0 Å². The fourth-order valence-electron chi connectivity index (χ4n) is 0.845. The van der Waals surface area contributed by atoms with Crippen molar-refractivity contribution in [3.8, 4) is 0 Å². The summed E-state index contributed by atoms with van der Waals surface area (Å²) in [4.78, 5) is 21.1. The highest BCUT2D eigenvalue weighted by Crippen LogP contribution is 2.08. The molecule has 3 atom stereocenters. The molecule has 0 aromatic heterocycles. The molecule has 0 fully saturated rings. The molecule has 2 unspecified atom stereocenters. The summed E-state index contributed by atoms with van der Waals surface area (Å²) in [5.41, 5.74) is 0. The maximum Gasteiger partial charge on any atom is 0.335 e. The molecule has 0 aromatic rings. The second-order valence-electron chi connectivity index (χ2n) is 3.03. The molecule has 8 heteroatoms. The van der Waals surface area contributed by atoms with Gasteiger partial charge < -0.3 is 29.9 Å². The molecule has 0 spiro atoms. The minimum atomic E-state index is -2.20. The summed E-state index contributed by atoms with van der Waals surface area (Å²) in [5.74, 6) is -2.40. The summed E-state index contributed by atoms with van der Waals surface area (Å²) in [6, 6.07) is 0. The van der Waals surface area contributed by atoms with Gasteiger partial charge in [-0.15, -0.1) is 0 Å². The molecule has 0 bridgehead atoms. The number of rotatable bonds is 6. The van der Waals surface area contributed by atoms with Crippen LogP contribution in [0.5, 0.6) is 0 Å². The molecular weight excluding hydrogens is 224 g/mol. The van der Waals surface area contributed by atoms with Crippen molar-refractivity contribution in [2.24, 2.45) is 0 Å². The molecule has 0 radical (unpaired) electrons. The number of ether oxygens (including phenoxy) is 2. The van der Waals surface area contributed by atoms with E-state index in [2.05, 4.69) is 9.47 Å². The van der Waals surface area contributed by atoms with Gasteiger partial charge in [0.2, 0.25) is 6.29 Å². The zero-order valence-corrected chi connectivity index (χ0v) is 8.73. The molecule has 0 rings (SSSR count). The molecule has 0 saturated heterocycles. The normalized spacial score (nSPS) is 16.6. The van der Waals surface area contributed by atoms with Gasteiger partial charge in [-0.25, -0.2) is 4.79 Å². The third kappa shape index (κ3) is 5.03.